The summed E-state index contributed by atoms with van der Waals surface area (Å²) in [4.78, 5) is 28.5. The number of hydrogen-bond donors (Lipinski definition) is 1. The van der Waals surface area contributed by atoms with Gasteiger partial charge in [0.2, 0.25) is 0 Å². The Labute approximate surface area is 150 Å². The highest BCUT2D eigenvalue weighted by Gasteiger charge is 2.06. The zero-order valence-corrected chi connectivity index (χ0v) is 14.3. The van der Waals surface area contributed by atoms with E-state index in [0.717, 1.165) is 5.56 Å². The molecule has 0 atom stereocenters. The van der Waals surface area contributed by atoms with E-state index in [1.54, 1.807) is 24.3 Å². The molecule has 26 heavy (non-hydrogen) atoms. The molecule has 0 radical (unpaired) electrons. The van der Waals surface area contributed by atoms with Gasteiger partial charge >= 0.3 is 0 Å². The van der Waals surface area contributed by atoms with Crippen molar-refractivity contribution in [3.05, 3.63) is 88.2 Å². The molecule has 132 valence electrons. The Kier molecular flexibility index (Phi) is 5.22. The van der Waals surface area contributed by atoms with Gasteiger partial charge in [0, 0.05) is 30.3 Å². The molecule has 0 saturated heterocycles. The van der Waals surface area contributed by atoms with Gasteiger partial charge in [-0.1, -0.05) is 17.7 Å². The second-order valence-electron chi connectivity index (χ2n) is 5.94. The van der Waals surface area contributed by atoms with Crippen molar-refractivity contribution < 1.29 is 9.18 Å². The van der Waals surface area contributed by atoms with Gasteiger partial charge in [-0.15, -0.1) is 0 Å². The van der Waals surface area contributed by atoms with Crippen LogP contribution in [0.2, 0.25) is 0 Å². The van der Waals surface area contributed by atoms with Crippen LogP contribution in [-0.4, -0.2) is 22.0 Å². The summed E-state index contributed by atoms with van der Waals surface area (Å²) in [5.74, 6) is -0.524. The second kappa shape index (κ2) is 7.74. The lowest BCUT2D eigenvalue weighted by molar-refractivity contribution is 0.0952. The number of halogens is 1. The number of carbonyl (C=O) groups is 1. The van der Waals surface area contributed by atoms with E-state index in [4.69, 9.17) is 0 Å². The van der Waals surface area contributed by atoms with Crippen LogP contribution < -0.4 is 10.9 Å². The van der Waals surface area contributed by atoms with Crippen LogP contribution in [0, 0.1) is 12.7 Å². The van der Waals surface area contributed by atoms with Gasteiger partial charge in [0.15, 0.2) is 0 Å². The smallest absolute Gasteiger partial charge is 0.253 e. The molecule has 3 rings (SSSR count). The first-order valence-electron chi connectivity index (χ1n) is 8.20. The third-order valence-electron chi connectivity index (χ3n) is 3.94. The van der Waals surface area contributed by atoms with E-state index in [1.165, 1.54) is 29.1 Å². The maximum absolute atomic E-state index is 13.0. The molecule has 1 heterocycles. The molecule has 1 aromatic heterocycles. The quantitative estimate of drug-likeness (QED) is 0.769. The van der Waals surface area contributed by atoms with Gasteiger partial charge in [0.25, 0.3) is 11.5 Å². The number of carbonyl (C=O) groups excluding carboxylic acids is 1. The fraction of sp³-hybridized carbons (Fsp3) is 0.150. The van der Waals surface area contributed by atoms with Crippen molar-refractivity contribution in [2.75, 3.05) is 6.54 Å². The van der Waals surface area contributed by atoms with Crippen molar-refractivity contribution in [3.8, 4) is 11.3 Å². The Morgan fingerprint density at radius 1 is 1.15 bits per heavy atom. The normalized spacial score (nSPS) is 10.5. The van der Waals surface area contributed by atoms with E-state index in [2.05, 4.69) is 10.3 Å². The third kappa shape index (κ3) is 4.22. The summed E-state index contributed by atoms with van der Waals surface area (Å²) in [6.45, 7) is 2.54. The van der Waals surface area contributed by atoms with E-state index in [-0.39, 0.29) is 17.3 Å². The Morgan fingerprint density at radius 2 is 1.92 bits per heavy atom. The van der Waals surface area contributed by atoms with Gasteiger partial charge in [-0.25, -0.2) is 9.37 Å². The lowest BCUT2D eigenvalue weighted by atomic mass is 10.1. The number of aryl methyl sites for hydroxylation is 1. The van der Waals surface area contributed by atoms with Gasteiger partial charge in [-0.2, -0.15) is 0 Å². The number of nitrogens with one attached hydrogen (secondary N) is 1. The predicted octanol–water partition coefficient (Wildman–Crippen LogP) is 2.79. The molecule has 6 heteroatoms. The Hall–Kier alpha value is -3.28. The van der Waals surface area contributed by atoms with Crippen LogP contribution in [0.25, 0.3) is 11.3 Å². The van der Waals surface area contributed by atoms with Gasteiger partial charge in [0.05, 0.1) is 12.0 Å². The van der Waals surface area contributed by atoms with Gasteiger partial charge in [-0.05, 0) is 43.3 Å². The maximum Gasteiger partial charge on any atom is 0.253 e. The van der Waals surface area contributed by atoms with Crippen LogP contribution >= 0.6 is 0 Å². The number of amides is 1. The first-order valence-corrected chi connectivity index (χ1v) is 8.20. The minimum atomic E-state index is -0.341. The summed E-state index contributed by atoms with van der Waals surface area (Å²) in [5.41, 5.74) is 2.51. The molecule has 0 aliphatic rings. The molecule has 0 unspecified atom stereocenters. The molecular formula is C20H18FN3O2. The van der Waals surface area contributed by atoms with Crippen LogP contribution in [0.4, 0.5) is 4.39 Å². The van der Waals surface area contributed by atoms with Crippen molar-refractivity contribution in [2.24, 2.45) is 0 Å². The van der Waals surface area contributed by atoms with Crippen LogP contribution in [-0.2, 0) is 6.54 Å². The van der Waals surface area contributed by atoms with Gasteiger partial charge in [-0.3, -0.25) is 14.2 Å². The molecule has 5 nitrogen and oxygen atoms in total. The van der Waals surface area contributed by atoms with Crippen LogP contribution in [0.3, 0.4) is 0 Å². The van der Waals surface area contributed by atoms with Crippen molar-refractivity contribution in [2.45, 2.75) is 13.5 Å². The van der Waals surface area contributed by atoms with Crippen molar-refractivity contribution in [1.29, 1.82) is 0 Å². The summed E-state index contributed by atoms with van der Waals surface area (Å²) >= 11 is 0. The molecule has 0 fully saturated rings. The van der Waals surface area contributed by atoms with Crippen LogP contribution in [0.1, 0.15) is 15.9 Å². The van der Waals surface area contributed by atoms with E-state index in [9.17, 15) is 14.0 Å². The van der Waals surface area contributed by atoms with Crippen molar-refractivity contribution in [1.82, 2.24) is 14.9 Å². The summed E-state index contributed by atoms with van der Waals surface area (Å²) in [6, 6.07) is 14.5. The van der Waals surface area contributed by atoms with Gasteiger partial charge < -0.3 is 5.32 Å². The average molecular weight is 351 g/mol. The third-order valence-corrected chi connectivity index (χ3v) is 3.94. The van der Waals surface area contributed by atoms with Crippen molar-refractivity contribution >= 4 is 5.91 Å². The van der Waals surface area contributed by atoms with Crippen LogP contribution in [0.5, 0.6) is 0 Å². The number of hydrogen-bond acceptors (Lipinski definition) is 3. The highest BCUT2D eigenvalue weighted by molar-refractivity contribution is 5.94. The minimum absolute atomic E-state index is 0.183. The van der Waals surface area contributed by atoms with Crippen LogP contribution in [0.15, 0.2) is 65.7 Å². The number of nitrogens with zero attached hydrogens (tertiary/aromatic N) is 2. The lowest BCUT2D eigenvalue weighted by Crippen LogP contribution is -2.30. The molecule has 0 aliphatic heterocycles. The topological polar surface area (TPSA) is 64.0 Å². The molecule has 0 aliphatic carbocycles. The van der Waals surface area contributed by atoms with Crippen molar-refractivity contribution in [3.63, 3.8) is 0 Å². The predicted molar refractivity (Wildman–Crippen MR) is 97.4 cm³/mol. The average Bonchev–Trinajstić information content (AvgIpc) is 2.63. The molecule has 0 bridgehead atoms. The molecule has 1 amide bonds. The SMILES string of the molecule is Cc1cccc(C(=O)NCCn2cnc(-c3ccc(F)cc3)cc2=O)c1. The van der Waals surface area contributed by atoms with E-state index in [0.29, 0.717) is 29.9 Å². The first-order chi connectivity index (χ1) is 12.5. The molecule has 2 aromatic carbocycles. The minimum Gasteiger partial charge on any atom is -0.350 e. The number of benzene rings is 2. The van der Waals surface area contributed by atoms with E-state index >= 15 is 0 Å². The maximum atomic E-state index is 13.0. The highest BCUT2D eigenvalue weighted by atomic mass is 19.1. The molecule has 3 aromatic rings. The molecule has 0 spiro atoms. The molecule has 0 saturated carbocycles. The first kappa shape index (κ1) is 17.5. The standard InChI is InChI=1S/C20H18FN3O2/c1-14-3-2-4-16(11-14)20(26)22-9-10-24-13-23-18(12-19(24)25)15-5-7-17(21)8-6-15/h2-8,11-13H,9-10H2,1H3,(H,22,26). The zero-order chi connectivity index (χ0) is 18.5. The second-order valence-corrected chi connectivity index (χ2v) is 5.94. The monoisotopic (exact) mass is 351 g/mol. The molecule has 1 N–H and O–H groups in total. The lowest BCUT2D eigenvalue weighted by Gasteiger charge is -2.08. The zero-order valence-electron chi connectivity index (χ0n) is 14.3. The Bertz CT molecular complexity index is 981. The number of aromatic nitrogens is 2. The van der Waals surface area contributed by atoms with E-state index in [1.807, 2.05) is 19.1 Å². The summed E-state index contributed by atoms with van der Waals surface area (Å²) in [6.07, 6.45) is 1.43. The Morgan fingerprint density at radius 3 is 2.62 bits per heavy atom. The fourth-order valence-corrected chi connectivity index (χ4v) is 2.55. The summed E-state index contributed by atoms with van der Waals surface area (Å²) in [5, 5.41) is 2.79. The highest BCUT2D eigenvalue weighted by Crippen LogP contribution is 2.14. The summed E-state index contributed by atoms with van der Waals surface area (Å²) < 4.78 is 14.4. The fourth-order valence-electron chi connectivity index (χ4n) is 2.55. The molecular weight excluding hydrogens is 333 g/mol. The Balaban J connectivity index is 1.63. The largest absolute Gasteiger partial charge is 0.350 e. The van der Waals surface area contributed by atoms with Gasteiger partial charge in [0.1, 0.15) is 5.82 Å². The number of rotatable bonds is 5. The van der Waals surface area contributed by atoms with E-state index < -0.39 is 0 Å². The summed E-state index contributed by atoms with van der Waals surface area (Å²) in [7, 11) is 0.